The van der Waals surface area contributed by atoms with Gasteiger partial charge in [0.05, 0.1) is 10.3 Å². The third-order valence-corrected chi connectivity index (χ3v) is 6.56. The minimum atomic E-state index is -4.64. The molecule has 0 heterocycles. The lowest BCUT2D eigenvalue weighted by Gasteiger charge is -2.21. The molecule has 0 spiro atoms. The first-order valence-corrected chi connectivity index (χ1v) is 10.6. The highest BCUT2D eigenvalue weighted by atomic mass is 32.2. The Hall–Kier alpha value is -2.28. The number of alkyl halides is 2. The van der Waals surface area contributed by atoms with Gasteiger partial charge in [-0.2, -0.15) is 8.78 Å². The molecule has 3 rings (SSSR count). The van der Waals surface area contributed by atoms with Crippen molar-refractivity contribution in [2.24, 2.45) is 0 Å². The molecule has 4 nitrogen and oxygen atoms in total. The van der Waals surface area contributed by atoms with Crippen molar-refractivity contribution in [3.8, 4) is 0 Å². The highest BCUT2D eigenvalue weighted by Gasteiger charge is 2.51. The maximum absolute atomic E-state index is 12.8. The zero-order valence-corrected chi connectivity index (χ0v) is 16.8. The predicted octanol–water partition coefficient (Wildman–Crippen LogP) is 4.65. The van der Waals surface area contributed by atoms with E-state index in [0.29, 0.717) is 5.69 Å². The molecule has 0 aromatic heterocycles. The minimum absolute atomic E-state index is 0.0256. The van der Waals surface area contributed by atoms with E-state index in [-0.39, 0.29) is 11.3 Å². The summed E-state index contributed by atoms with van der Waals surface area (Å²) >= 11 is 0. The molecular weight excluding hydrogens is 384 g/mol. The van der Waals surface area contributed by atoms with Gasteiger partial charge in [-0.15, -0.1) is 0 Å². The smallest absolute Gasteiger partial charge is 0.325 e. The van der Waals surface area contributed by atoms with Crippen molar-refractivity contribution in [1.29, 1.82) is 0 Å². The molecule has 1 aliphatic rings. The first kappa shape index (κ1) is 20.5. The number of halogens is 2. The number of carbonyl (C=O) groups is 1. The van der Waals surface area contributed by atoms with E-state index in [1.165, 1.54) is 17.7 Å². The quantitative estimate of drug-likeness (QED) is 0.785. The molecule has 1 saturated carbocycles. The fraction of sp³-hybridized carbons (Fsp3) is 0.381. The van der Waals surface area contributed by atoms with E-state index in [2.05, 4.69) is 26.1 Å². The van der Waals surface area contributed by atoms with Crippen LogP contribution in [0, 0.1) is 0 Å². The highest BCUT2D eigenvalue weighted by Crippen LogP contribution is 2.49. The average molecular weight is 407 g/mol. The molecule has 1 amide bonds. The summed E-state index contributed by atoms with van der Waals surface area (Å²) in [7, 11) is -4.64. The van der Waals surface area contributed by atoms with E-state index < -0.39 is 25.9 Å². The molecule has 7 heteroatoms. The molecule has 0 atom stereocenters. The first-order valence-electron chi connectivity index (χ1n) is 9.01. The largest absolute Gasteiger partial charge is 0.341 e. The molecule has 1 fully saturated rings. The van der Waals surface area contributed by atoms with Crippen LogP contribution in [0.25, 0.3) is 0 Å². The predicted molar refractivity (Wildman–Crippen MR) is 104 cm³/mol. The van der Waals surface area contributed by atoms with Crippen LogP contribution in [-0.2, 0) is 25.5 Å². The van der Waals surface area contributed by atoms with Gasteiger partial charge in [-0.3, -0.25) is 4.79 Å². The summed E-state index contributed by atoms with van der Waals surface area (Å²) in [5.74, 6) is -3.65. The van der Waals surface area contributed by atoms with Crippen molar-refractivity contribution in [3.63, 3.8) is 0 Å². The summed E-state index contributed by atoms with van der Waals surface area (Å²) in [5.41, 5.74) is 1.93. The summed E-state index contributed by atoms with van der Waals surface area (Å²) in [6.07, 6.45) is 1.46. The number of hydrogen-bond donors (Lipinski definition) is 1. The van der Waals surface area contributed by atoms with Crippen LogP contribution in [-0.4, -0.2) is 20.1 Å². The normalized spacial score (nSPS) is 16.1. The molecule has 28 heavy (non-hydrogen) atoms. The zero-order chi connectivity index (χ0) is 20.7. The number of rotatable bonds is 5. The monoisotopic (exact) mass is 407 g/mol. The second-order valence-electron chi connectivity index (χ2n) is 8.19. The fourth-order valence-corrected chi connectivity index (χ4v) is 3.86. The summed E-state index contributed by atoms with van der Waals surface area (Å²) < 4.78 is 48.2. The van der Waals surface area contributed by atoms with Gasteiger partial charge in [-0.05, 0) is 53.6 Å². The first-order chi connectivity index (χ1) is 13.0. The highest BCUT2D eigenvalue weighted by molar-refractivity contribution is 7.91. The van der Waals surface area contributed by atoms with Gasteiger partial charge in [0.2, 0.25) is 15.7 Å². The van der Waals surface area contributed by atoms with E-state index >= 15 is 0 Å². The Balaban J connectivity index is 1.76. The lowest BCUT2D eigenvalue weighted by Crippen LogP contribution is -2.28. The lowest BCUT2D eigenvalue weighted by molar-refractivity contribution is -0.118. The standard InChI is InChI=1S/C21H23F2NO3S/c1-20(2,3)14-4-6-15(7-5-14)21(12-13-21)18(25)24-16-8-10-17(11-9-16)28(26,27)19(22)23/h4-11,19H,12-13H2,1-3H3,(H,24,25). The van der Waals surface area contributed by atoms with Gasteiger partial charge in [0.1, 0.15) is 0 Å². The summed E-state index contributed by atoms with van der Waals surface area (Å²) in [5, 5.41) is 2.77. The Morgan fingerprint density at radius 3 is 1.96 bits per heavy atom. The van der Waals surface area contributed by atoms with Crippen molar-refractivity contribution in [2.75, 3.05) is 5.32 Å². The molecule has 2 aromatic rings. The summed E-state index contributed by atoms with van der Waals surface area (Å²) in [6.45, 7) is 6.37. The van der Waals surface area contributed by atoms with Crippen LogP contribution in [0.15, 0.2) is 53.4 Å². The van der Waals surface area contributed by atoms with Crippen LogP contribution in [0.4, 0.5) is 14.5 Å². The molecule has 150 valence electrons. The number of anilines is 1. The van der Waals surface area contributed by atoms with Gasteiger partial charge in [0, 0.05) is 5.69 Å². The summed E-state index contributed by atoms with van der Waals surface area (Å²) in [6, 6.07) is 12.8. The Labute approximate surface area is 163 Å². The zero-order valence-electron chi connectivity index (χ0n) is 16.0. The van der Waals surface area contributed by atoms with Crippen LogP contribution in [0.5, 0.6) is 0 Å². The van der Waals surface area contributed by atoms with Crippen molar-refractivity contribution in [3.05, 3.63) is 59.7 Å². The Kier molecular flexibility index (Phi) is 5.08. The number of hydrogen-bond acceptors (Lipinski definition) is 3. The van der Waals surface area contributed by atoms with Crippen LogP contribution < -0.4 is 5.32 Å². The second kappa shape index (κ2) is 6.95. The van der Waals surface area contributed by atoms with E-state index in [0.717, 1.165) is 30.5 Å². The third-order valence-electron chi connectivity index (χ3n) is 5.16. The molecule has 0 unspecified atom stereocenters. The van der Waals surface area contributed by atoms with Crippen molar-refractivity contribution in [1.82, 2.24) is 0 Å². The van der Waals surface area contributed by atoms with Crippen molar-refractivity contribution < 1.29 is 22.0 Å². The number of carbonyl (C=O) groups excluding carboxylic acids is 1. The number of amides is 1. The Morgan fingerprint density at radius 2 is 1.54 bits per heavy atom. The topological polar surface area (TPSA) is 63.2 Å². The van der Waals surface area contributed by atoms with E-state index in [1.54, 1.807) is 0 Å². The van der Waals surface area contributed by atoms with Gasteiger partial charge < -0.3 is 5.32 Å². The second-order valence-corrected chi connectivity index (χ2v) is 10.1. The van der Waals surface area contributed by atoms with E-state index in [1.807, 2.05) is 24.3 Å². The van der Waals surface area contributed by atoms with E-state index in [9.17, 15) is 22.0 Å². The molecule has 0 aliphatic heterocycles. The number of benzene rings is 2. The third kappa shape index (κ3) is 3.81. The van der Waals surface area contributed by atoms with Crippen LogP contribution >= 0.6 is 0 Å². The van der Waals surface area contributed by atoms with Gasteiger partial charge in [0.25, 0.3) is 0 Å². The molecular formula is C21H23F2NO3S. The van der Waals surface area contributed by atoms with Crippen molar-refractivity contribution >= 4 is 21.4 Å². The molecule has 1 N–H and O–H groups in total. The van der Waals surface area contributed by atoms with Crippen LogP contribution in [0.2, 0.25) is 0 Å². The van der Waals surface area contributed by atoms with Gasteiger partial charge in [-0.25, -0.2) is 8.42 Å². The molecule has 0 bridgehead atoms. The SMILES string of the molecule is CC(C)(C)c1ccc(C2(C(=O)Nc3ccc(S(=O)(=O)C(F)F)cc3)CC2)cc1. The number of nitrogens with one attached hydrogen (secondary N) is 1. The average Bonchev–Trinajstić information content (AvgIpc) is 3.43. The lowest BCUT2D eigenvalue weighted by atomic mass is 9.85. The maximum Gasteiger partial charge on any atom is 0.341 e. The van der Waals surface area contributed by atoms with Crippen LogP contribution in [0.1, 0.15) is 44.7 Å². The van der Waals surface area contributed by atoms with Gasteiger partial charge in [0.15, 0.2) is 0 Å². The maximum atomic E-state index is 12.8. The minimum Gasteiger partial charge on any atom is -0.325 e. The van der Waals surface area contributed by atoms with Crippen molar-refractivity contribution in [2.45, 2.75) is 55.1 Å². The van der Waals surface area contributed by atoms with Gasteiger partial charge >= 0.3 is 5.76 Å². The molecule has 1 aliphatic carbocycles. The van der Waals surface area contributed by atoms with E-state index in [4.69, 9.17) is 0 Å². The Morgan fingerprint density at radius 1 is 1.00 bits per heavy atom. The molecule has 0 saturated heterocycles. The van der Waals surface area contributed by atoms with Crippen LogP contribution in [0.3, 0.4) is 0 Å². The van der Waals surface area contributed by atoms with Gasteiger partial charge in [-0.1, -0.05) is 45.0 Å². The molecule has 2 aromatic carbocycles. The Bertz CT molecular complexity index is 972. The summed E-state index contributed by atoms with van der Waals surface area (Å²) in [4.78, 5) is 12.3. The number of sulfone groups is 1. The molecule has 0 radical (unpaired) electrons. The fourth-order valence-electron chi connectivity index (χ4n) is 3.14.